The SMILES string of the molecule is CC(C)c1ccc(-c2nnc(SCC(=O)O)n2C)cc1. The molecule has 0 aliphatic rings. The van der Waals surface area contributed by atoms with E-state index in [1.807, 2.05) is 23.7 Å². The van der Waals surface area contributed by atoms with Crippen molar-refractivity contribution in [3.8, 4) is 11.4 Å². The highest BCUT2D eigenvalue weighted by atomic mass is 32.2. The maximum Gasteiger partial charge on any atom is 0.313 e. The number of hydrogen-bond donors (Lipinski definition) is 1. The second-order valence-corrected chi connectivity index (χ2v) is 5.77. The average Bonchev–Trinajstić information content (AvgIpc) is 2.78. The summed E-state index contributed by atoms with van der Waals surface area (Å²) in [5.41, 5.74) is 2.25. The first-order valence-corrected chi connectivity index (χ1v) is 7.32. The molecule has 0 bridgehead atoms. The van der Waals surface area contributed by atoms with Crippen molar-refractivity contribution >= 4 is 17.7 Å². The Balaban J connectivity index is 2.22. The van der Waals surface area contributed by atoms with Crippen LogP contribution in [0.3, 0.4) is 0 Å². The highest BCUT2D eigenvalue weighted by Crippen LogP contribution is 2.24. The number of thioether (sulfide) groups is 1. The van der Waals surface area contributed by atoms with Gasteiger partial charge in [-0.2, -0.15) is 0 Å². The minimum atomic E-state index is -0.860. The van der Waals surface area contributed by atoms with E-state index in [2.05, 4.69) is 36.2 Å². The monoisotopic (exact) mass is 291 g/mol. The van der Waals surface area contributed by atoms with Crippen LogP contribution in [-0.4, -0.2) is 31.6 Å². The molecule has 6 heteroatoms. The topological polar surface area (TPSA) is 68.0 Å². The van der Waals surface area contributed by atoms with Crippen LogP contribution in [-0.2, 0) is 11.8 Å². The summed E-state index contributed by atoms with van der Waals surface area (Å²) in [4.78, 5) is 10.6. The molecule has 0 unspecified atom stereocenters. The van der Waals surface area contributed by atoms with E-state index in [9.17, 15) is 4.79 Å². The summed E-state index contributed by atoms with van der Waals surface area (Å²) >= 11 is 1.17. The van der Waals surface area contributed by atoms with Crippen LogP contribution in [0.15, 0.2) is 29.4 Å². The molecule has 5 nitrogen and oxygen atoms in total. The molecule has 0 spiro atoms. The van der Waals surface area contributed by atoms with Crippen LogP contribution in [0.4, 0.5) is 0 Å². The number of rotatable bonds is 5. The van der Waals surface area contributed by atoms with Crippen LogP contribution in [0.1, 0.15) is 25.3 Å². The van der Waals surface area contributed by atoms with Gasteiger partial charge >= 0.3 is 5.97 Å². The average molecular weight is 291 g/mol. The highest BCUT2D eigenvalue weighted by molar-refractivity contribution is 7.99. The Morgan fingerprint density at radius 1 is 1.30 bits per heavy atom. The van der Waals surface area contributed by atoms with Crippen LogP contribution in [0.25, 0.3) is 11.4 Å². The zero-order valence-electron chi connectivity index (χ0n) is 11.7. The van der Waals surface area contributed by atoms with Gasteiger partial charge in [-0.1, -0.05) is 49.9 Å². The summed E-state index contributed by atoms with van der Waals surface area (Å²) < 4.78 is 1.82. The Bertz CT molecular complexity index is 605. The van der Waals surface area contributed by atoms with Gasteiger partial charge in [0.2, 0.25) is 0 Å². The lowest BCUT2D eigenvalue weighted by Gasteiger charge is -2.07. The molecule has 1 aromatic carbocycles. The standard InChI is InChI=1S/C14H17N3O2S/c1-9(2)10-4-6-11(7-5-10)13-15-16-14(17(13)3)20-8-12(18)19/h4-7,9H,8H2,1-3H3,(H,18,19). The predicted molar refractivity (Wildman–Crippen MR) is 78.9 cm³/mol. The smallest absolute Gasteiger partial charge is 0.313 e. The first-order chi connectivity index (χ1) is 9.49. The van der Waals surface area contributed by atoms with Crippen molar-refractivity contribution in [2.75, 3.05) is 5.75 Å². The molecule has 20 heavy (non-hydrogen) atoms. The van der Waals surface area contributed by atoms with Crippen LogP contribution < -0.4 is 0 Å². The van der Waals surface area contributed by atoms with Crippen LogP contribution >= 0.6 is 11.8 Å². The number of hydrogen-bond acceptors (Lipinski definition) is 4. The van der Waals surface area contributed by atoms with Gasteiger partial charge in [-0.25, -0.2) is 0 Å². The molecule has 1 aromatic heterocycles. The van der Waals surface area contributed by atoms with Crippen LogP contribution in [0.5, 0.6) is 0 Å². The van der Waals surface area contributed by atoms with E-state index < -0.39 is 5.97 Å². The number of nitrogens with zero attached hydrogens (tertiary/aromatic N) is 3. The lowest BCUT2D eigenvalue weighted by molar-refractivity contribution is -0.133. The maximum absolute atomic E-state index is 10.6. The molecule has 0 amide bonds. The molecule has 0 aliphatic heterocycles. The third-order valence-electron chi connectivity index (χ3n) is 3.00. The van der Waals surface area contributed by atoms with Crippen molar-refractivity contribution in [1.82, 2.24) is 14.8 Å². The van der Waals surface area contributed by atoms with E-state index in [4.69, 9.17) is 5.11 Å². The zero-order valence-corrected chi connectivity index (χ0v) is 12.5. The summed E-state index contributed by atoms with van der Waals surface area (Å²) in [7, 11) is 1.84. The fourth-order valence-corrected chi connectivity index (χ4v) is 2.47. The first kappa shape index (κ1) is 14.6. The summed E-state index contributed by atoms with van der Waals surface area (Å²) in [5, 5.41) is 17.5. The Labute approximate surface area is 122 Å². The highest BCUT2D eigenvalue weighted by Gasteiger charge is 2.12. The van der Waals surface area contributed by atoms with Crippen molar-refractivity contribution in [2.24, 2.45) is 7.05 Å². The van der Waals surface area contributed by atoms with E-state index >= 15 is 0 Å². The largest absolute Gasteiger partial charge is 0.481 e. The predicted octanol–water partition coefficient (Wildman–Crippen LogP) is 2.78. The first-order valence-electron chi connectivity index (χ1n) is 6.33. The summed E-state index contributed by atoms with van der Waals surface area (Å²) in [6.45, 7) is 4.30. The van der Waals surface area contributed by atoms with E-state index in [-0.39, 0.29) is 5.75 Å². The van der Waals surface area contributed by atoms with Gasteiger partial charge in [0.05, 0.1) is 5.75 Å². The van der Waals surface area contributed by atoms with Crippen molar-refractivity contribution in [3.05, 3.63) is 29.8 Å². The molecule has 0 atom stereocenters. The molecule has 1 N–H and O–H groups in total. The third kappa shape index (κ3) is 3.19. The molecule has 106 valence electrons. The Morgan fingerprint density at radius 3 is 2.50 bits per heavy atom. The van der Waals surface area contributed by atoms with E-state index in [0.29, 0.717) is 11.1 Å². The van der Waals surface area contributed by atoms with Gasteiger partial charge in [0.25, 0.3) is 0 Å². The van der Waals surface area contributed by atoms with Gasteiger partial charge in [-0.3, -0.25) is 4.79 Å². The molecule has 0 aliphatic carbocycles. The van der Waals surface area contributed by atoms with Crippen molar-refractivity contribution < 1.29 is 9.90 Å². The molecule has 2 rings (SSSR count). The quantitative estimate of drug-likeness (QED) is 0.858. The van der Waals surface area contributed by atoms with Gasteiger partial charge in [0, 0.05) is 12.6 Å². The van der Waals surface area contributed by atoms with Crippen molar-refractivity contribution in [2.45, 2.75) is 24.9 Å². The molecule has 0 radical (unpaired) electrons. The fourth-order valence-electron chi connectivity index (χ4n) is 1.84. The Kier molecular flexibility index (Phi) is 4.44. The molecule has 0 saturated carbocycles. The lowest BCUT2D eigenvalue weighted by Crippen LogP contribution is -2.01. The molecular formula is C14H17N3O2S. The molecule has 0 saturated heterocycles. The van der Waals surface area contributed by atoms with E-state index in [0.717, 1.165) is 11.4 Å². The third-order valence-corrected chi connectivity index (χ3v) is 4.00. The van der Waals surface area contributed by atoms with Crippen molar-refractivity contribution in [1.29, 1.82) is 0 Å². The molecule has 1 heterocycles. The van der Waals surface area contributed by atoms with E-state index in [1.54, 1.807) is 0 Å². The second kappa shape index (κ2) is 6.09. The van der Waals surface area contributed by atoms with Gasteiger partial charge < -0.3 is 9.67 Å². The Hall–Kier alpha value is -1.82. The molecule has 0 fully saturated rings. The lowest BCUT2D eigenvalue weighted by atomic mass is 10.0. The normalized spacial score (nSPS) is 11.0. The van der Waals surface area contributed by atoms with Gasteiger partial charge in [-0.05, 0) is 11.5 Å². The maximum atomic E-state index is 10.6. The molecule has 2 aromatic rings. The second-order valence-electron chi connectivity index (χ2n) is 4.82. The number of carboxylic acid groups (broad SMARTS) is 1. The number of aromatic nitrogens is 3. The van der Waals surface area contributed by atoms with Gasteiger partial charge in [-0.15, -0.1) is 10.2 Å². The molecular weight excluding hydrogens is 274 g/mol. The number of aliphatic carboxylic acids is 1. The number of carboxylic acids is 1. The van der Waals surface area contributed by atoms with Gasteiger partial charge in [0.1, 0.15) is 0 Å². The zero-order chi connectivity index (χ0) is 14.7. The minimum absolute atomic E-state index is 0.0156. The van der Waals surface area contributed by atoms with Crippen LogP contribution in [0.2, 0.25) is 0 Å². The fraction of sp³-hybridized carbons (Fsp3) is 0.357. The van der Waals surface area contributed by atoms with E-state index in [1.165, 1.54) is 17.3 Å². The number of carbonyl (C=O) groups is 1. The summed E-state index contributed by atoms with van der Waals surface area (Å²) in [6, 6.07) is 8.20. The Morgan fingerprint density at radius 2 is 1.95 bits per heavy atom. The minimum Gasteiger partial charge on any atom is -0.481 e. The van der Waals surface area contributed by atoms with Crippen LogP contribution in [0, 0.1) is 0 Å². The summed E-state index contributed by atoms with van der Waals surface area (Å²) in [5.74, 6) is 0.359. The number of benzene rings is 1. The van der Waals surface area contributed by atoms with Crippen molar-refractivity contribution in [3.63, 3.8) is 0 Å². The summed E-state index contributed by atoms with van der Waals surface area (Å²) in [6.07, 6.45) is 0. The van der Waals surface area contributed by atoms with Gasteiger partial charge in [0.15, 0.2) is 11.0 Å².